The largest absolute Gasteiger partial charge is 0.487 e. The van der Waals surface area contributed by atoms with Crippen molar-refractivity contribution in [3.63, 3.8) is 0 Å². The molecule has 0 saturated heterocycles. The summed E-state index contributed by atoms with van der Waals surface area (Å²) in [6, 6.07) is 6.19. The SMILES string of the molecule is Cc1cc(COc2ccc([N+](=O)[O-])c(Cl)c2)n(C)n1. The maximum atomic E-state index is 10.6. The van der Waals surface area contributed by atoms with E-state index in [4.69, 9.17) is 16.3 Å². The number of hydrogen-bond donors (Lipinski definition) is 0. The lowest BCUT2D eigenvalue weighted by molar-refractivity contribution is -0.384. The van der Waals surface area contributed by atoms with Crippen LogP contribution in [-0.2, 0) is 13.7 Å². The highest BCUT2D eigenvalue weighted by atomic mass is 35.5. The third-order valence-corrected chi connectivity index (χ3v) is 2.90. The first-order valence-corrected chi connectivity index (χ1v) is 5.91. The first kappa shape index (κ1) is 13.4. The van der Waals surface area contributed by atoms with E-state index in [1.807, 2.05) is 20.0 Å². The first-order chi connectivity index (χ1) is 8.97. The summed E-state index contributed by atoms with van der Waals surface area (Å²) in [5, 5.41) is 14.9. The molecule has 0 amide bonds. The Morgan fingerprint density at radius 2 is 2.21 bits per heavy atom. The quantitative estimate of drug-likeness (QED) is 0.638. The minimum absolute atomic E-state index is 0.0590. The molecule has 0 bridgehead atoms. The van der Waals surface area contributed by atoms with Gasteiger partial charge in [0.25, 0.3) is 5.69 Å². The second-order valence-corrected chi connectivity index (χ2v) is 4.47. The summed E-state index contributed by atoms with van der Waals surface area (Å²) in [6.07, 6.45) is 0. The summed E-state index contributed by atoms with van der Waals surface area (Å²) < 4.78 is 7.26. The molecule has 2 rings (SSSR count). The monoisotopic (exact) mass is 281 g/mol. The zero-order valence-corrected chi connectivity index (χ0v) is 11.2. The Hall–Kier alpha value is -2.08. The lowest BCUT2D eigenvalue weighted by Gasteiger charge is -2.06. The second kappa shape index (κ2) is 5.27. The number of ether oxygens (including phenoxy) is 1. The molecule has 19 heavy (non-hydrogen) atoms. The predicted molar refractivity (Wildman–Crippen MR) is 70.4 cm³/mol. The summed E-state index contributed by atoms with van der Waals surface area (Å²) in [4.78, 5) is 10.1. The number of nitrogens with zero attached hydrogens (tertiary/aromatic N) is 3. The van der Waals surface area contributed by atoms with Crippen LogP contribution in [0.25, 0.3) is 0 Å². The van der Waals surface area contributed by atoms with Crippen LogP contribution in [0.3, 0.4) is 0 Å². The van der Waals surface area contributed by atoms with Crippen LogP contribution in [0, 0.1) is 17.0 Å². The molecule has 0 N–H and O–H groups in total. The van der Waals surface area contributed by atoms with Crippen molar-refractivity contribution in [1.29, 1.82) is 0 Å². The van der Waals surface area contributed by atoms with Crippen molar-refractivity contribution in [2.24, 2.45) is 7.05 Å². The van der Waals surface area contributed by atoms with Gasteiger partial charge in [-0.2, -0.15) is 5.10 Å². The van der Waals surface area contributed by atoms with Crippen LogP contribution in [0.4, 0.5) is 5.69 Å². The molecule has 0 aliphatic rings. The fraction of sp³-hybridized carbons (Fsp3) is 0.250. The Morgan fingerprint density at radius 3 is 2.74 bits per heavy atom. The fourth-order valence-electron chi connectivity index (χ4n) is 1.68. The van der Waals surface area contributed by atoms with Gasteiger partial charge in [-0.25, -0.2) is 0 Å². The molecule has 0 unspecified atom stereocenters. The third kappa shape index (κ3) is 3.03. The van der Waals surface area contributed by atoms with Crippen LogP contribution in [0.5, 0.6) is 5.75 Å². The van der Waals surface area contributed by atoms with E-state index in [0.717, 1.165) is 11.4 Å². The minimum atomic E-state index is -0.531. The average molecular weight is 282 g/mol. The van der Waals surface area contributed by atoms with Crippen molar-refractivity contribution in [2.75, 3.05) is 0 Å². The van der Waals surface area contributed by atoms with E-state index in [9.17, 15) is 10.1 Å². The topological polar surface area (TPSA) is 70.2 Å². The molecule has 1 aromatic heterocycles. The first-order valence-electron chi connectivity index (χ1n) is 5.53. The van der Waals surface area contributed by atoms with Gasteiger partial charge < -0.3 is 4.74 Å². The molecule has 0 aliphatic carbocycles. The van der Waals surface area contributed by atoms with Crippen LogP contribution in [0.2, 0.25) is 5.02 Å². The van der Waals surface area contributed by atoms with Gasteiger partial charge in [0.05, 0.1) is 16.3 Å². The maximum absolute atomic E-state index is 10.6. The Morgan fingerprint density at radius 1 is 1.47 bits per heavy atom. The Kier molecular flexibility index (Phi) is 3.71. The van der Waals surface area contributed by atoms with Crippen molar-refractivity contribution < 1.29 is 9.66 Å². The van der Waals surface area contributed by atoms with Gasteiger partial charge in [0.2, 0.25) is 0 Å². The van der Waals surface area contributed by atoms with Crippen LogP contribution in [-0.4, -0.2) is 14.7 Å². The van der Waals surface area contributed by atoms with Crippen LogP contribution in [0.15, 0.2) is 24.3 Å². The lowest BCUT2D eigenvalue weighted by Crippen LogP contribution is -2.03. The van der Waals surface area contributed by atoms with Crippen molar-refractivity contribution in [2.45, 2.75) is 13.5 Å². The molecular formula is C12H12ClN3O3. The highest BCUT2D eigenvalue weighted by Crippen LogP contribution is 2.28. The molecular weight excluding hydrogens is 270 g/mol. The van der Waals surface area contributed by atoms with E-state index < -0.39 is 4.92 Å². The summed E-state index contributed by atoms with van der Waals surface area (Å²) in [5.41, 5.74) is 1.68. The molecule has 0 fully saturated rings. The number of nitro groups is 1. The van der Waals surface area contributed by atoms with E-state index in [-0.39, 0.29) is 10.7 Å². The zero-order valence-electron chi connectivity index (χ0n) is 10.5. The number of halogens is 1. The third-order valence-electron chi connectivity index (χ3n) is 2.60. The molecule has 0 atom stereocenters. The van der Waals surface area contributed by atoms with Crippen molar-refractivity contribution in [3.05, 3.63) is 50.8 Å². The van der Waals surface area contributed by atoms with Crippen LogP contribution >= 0.6 is 11.6 Å². The van der Waals surface area contributed by atoms with Crippen molar-refractivity contribution >= 4 is 17.3 Å². The van der Waals surface area contributed by atoms with E-state index in [0.29, 0.717) is 12.4 Å². The van der Waals surface area contributed by atoms with Gasteiger partial charge in [0.1, 0.15) is 17.4 Å². The summed E-state index contributed by atoms with van der Waals surface area (Å²) in [7, 11) is 1.83. The molecule has 1 aromatic carbocycles. The number of nitro benzene ring substituents is 1. The van der Waals surface area contributed by atoms with Crippen LogP contribution in [0.1, 0.15) is 11.4 Å². The van der Waals surface area contributed by atoms with Gasteiger partial charge in [0.15, 0.2) is 0 Å². The smallest absolute Gasteiger partial charge is 0.288 e. The lowest BCUT2D eigenvalue weighted by atomic mass is 10.3. The number of rotatable bonds is 4. The highest BCUT2D eigenvalue weighted by molar-refractivity contribution is 6.32. The van der Waals surface area contributed by atoms with Gasteiger partial charge in [-0.1, -0.05) is 11.6 Å². The van der Waals surface area contributed by atoms with Crippen molar-refractivity contribution in [1.82, 2.24) is 9.78 Å². The molecule has 7 heteroatoms. The number of benzene rings is 1. The molecule has 1 heterocycles. The molecule has 2 aromatic rings. The summed E-state index contributed by atoms with van der Waals surface area (Å²) >= 11 is 5.80. The number of aromatic nitrogens is 2. The molecule has 0 spiro atoms. The average Bonchev–Trinajstić information content (AvgIpc) is 2.65. The second-order valence-electron chi connectivity index (χ2n) is 4.06. The Labute approximate surface area is 114 Å². The number of hydrogen-bond acceptors (Lipinski definition) is 4. The predicted octanol–water partition coefficient (Wildman–Crippen LogP) is 2.87. The summed E-state index contributed by atoms with van der Waals surface area (Å²) in [5.74, 6) is 0.481. The van der Waals surface area contributed by atoms with E-state index in [2.05, 4.69) is 5.10 Å². The van der Waals surface area contributed by atoms with Gasteiger partial charge in [-0.05, 0) is 19.1 Å². The van der Waals surface area contributed by atoms with E-state index in [1.165, 1.54) is 18.2 Å². The fourth-order valence-corrected chi connectivity index (χ4v) is 1.92. The van der Waals surface area contributed by atoms with Crippen LogP contribution < -0.4 is 4.74 Å². The van der Waals surface area contributed by atoms with Gasteiger partial charge >= 0.3 is 0 Å². The van der Waals surface area contributed by atoms with Gasteiger partial charge in [-0.3, -0.25) is 14.8 Å². The van der Waals surface area contributed by atoms with E-state index in [1.54, 1.807) is 4.68 Å². The minimum Gasteiger partial charge on any atom is -0.487 e. The Balaban J connectivity index is 2.10. The Bertz CT molecular complexity index is 625. The molecule has 100 valence electrons. The van der Waals surface area contributed by atoms with E-state index >= 15 is 0 Å². The van der Waals surface area contributed by atoms with Gasteiger partial charge in [-0.15, -0.1) is 0 Å². The summed E-state index contributed by atoms with van der Waals surface area (Å²) in [6.45, 7) is 2.22. The zero-order chi connectivity index (χ0) is 14.0. The highest BCUT2D eigenvalue weighted by Gasteiger charge is 2.13. The molecule has 0 radical (unpaired) electrons. The van der Waals surface area contributed by atoms with Gasteiger partial charge in [0, 0.05) is 19.2 Å². The standard InChI is InChI=1S/C12H12ClN3O3/c1-8-5-9(15(2)14-8)7-19-10-3-4-12(16(17)18)11(13)6-10/h3-6H,7H2,1-2H3. The molecule has 0 aliphatic heterocycles. The molecule has 6 nitrogen and oxygen atoms in total. The normalized spacial score (nSPS) is 10.5. The van der Waals surface area contributed by atoms with Crippen molar-refractivity contribution in [3.8, 4) is 5.75 Å². The number of aryl methyl sites for hydroxylation is 2. The maximum Gasteiger partial charge on any atom is 0.288 e. The molecule has 0 saturated carbocycles.